The van der Waals surface area contributed by atoms with E-state index >= 15 is 0 Å². The largest absolute Gasteiger partial charge is 0.377 e. The normalized spacial score (nSPS) is 25.6. The number of hydrogen-bond acceptors (Lipinski definition) is 4. The lowest BCUT2D eigenvalue weighted by Gasteiger charge is -2.43. The lowest BCUT2D eigenvalue weighted by molar-refractivity contribution is -0.126. The van der Waals surface area contributed by atoms with Gasteiger partial charge in [-0.25, -0.2) is 0 Å². The Bertz CT molecular complexity index is 764. The zero-order valence-electron chi connectivity index (χ0n) is 15.1. The lowest BCUT2D eigenvalue weighted by atomic mass is 9.73. The second-order valence-corrected chi connectivity index (χ2v) is 7.64. The molecule has 0 unspecified atom stereocenters. The number of benzene rings is 1. The average Bonchev–Trinajstić information content (AvgIpc) is 3.03. The van der Waals surface area contributed by atoms with Gasteiger partial charge in [-0.1, -0.05) is 18.2 Å². The quantitative estimate of drug-likeness (QED) is 0.801. The molecule has 0 bridgehead atoms. The molecule has 0 N–H and O–H groups in total. The highest BCUT2D eigenvalue weighted by Gasteiger charge is 2.47. The van der Waals surface area contributed by atoms with Crippen molar-refractivity contribution in [1.82, 2.24) is 9.88 Å². The van der Waals surface area contributed by atoms with Crippen molar-refractivity contribution in [1.29, 1.82) is 5.26 Å². The molecule has 1 aromatic carbocycles. The number of hydrogen-bond donors (Lipinski definition) is 0. The van der Waals surface area contributed by atoms with Crippen LogP contribution >= 0.6 is 0 Å². The molecule has 0 amide bonds. The van der Waals surface area contributed by atoms with Crippen LogP contribution in [0.25, 0.3) is 0 Å². The van der Waals surface area contributed by atoms with Crippen molar-refractivity contribution < 1.29 is 4.74 Å². The number of aromatic nitrogens is 1. The van der Waals surface area contributed by atoms with Gasteiger partial charge in [-0.3, -0.25) is 9.88 Å². The minimum Gasteiger partial charge on any atom is -0.377 e. The van der Waals surface area contributed by atoms with Crippen molar-refractivity contribution in [3.05, 3.63) is 65.5 Å². The van der Waals surface area contributed by atoms with Crippen LogP contribution in [0.3, 0.4) is 0 Å². The lowest BCUT2D eigenvalue weighted by Crippen LogP contribution is -2.46. The van der Waals surface area contributed by atoms with Crippen LogP contribution in [0.4, 0.5) is 0 Å². The Kier molecular flexibility index (Phi) is 5.01. The summed E-state index contributed by atoms with van der Waals surface area (Å²) in [5.41, 5.74) is 3.58. The fourth-order valence-corrected chi connectivity index (χ4v) is 4.35. The maximum atomic E-state index is 8.96. The van der Waals surface area contributed by atoms with E-state index in [0.717, 1.165) is 44.6 Å². The van der Waals surface area contributed by atoms with Crippen molar-refractivity contribution in [2.75, 3.05) is 19.7 Å². The predicted octanol–water partition coefficient (Wildman–Crippen LogP) is 3.57. The van der Waals surface area contributed by atoms with Crippen LogP contribution in [-0.4, -0.2) is 35.7 Å². The van der Waals surface area contributed by atoms with E-state index in [4.69, 9.17) is 10.00 Å². The van der Waals surface area contributed by atoms with Crippen LogP contribution in [0.2, 0.25) is 0 Å². The molecule has 0 radical (unpaired) electrons. The Hall–Kier alpha value is -2.22. The third-order valence-electron chi connectivity index (χ3n) is 5.97. The first-order chi connectivity index (χ1) is 12.8. The monoisotopic (exact) mass is 347 g/mol. The number of likely N-dealkylation sites (tertiary alicyclic amines) is 1. The summed E-state index contributed by atoms with van der Waals surface area (Å²) in [5.74, 6) is 0. The van der Waals surface area contributed by atoms with Crippen LogP contribution in [0.5, 0.6) is 0 Å². The summed E-state index contributed by atoms with van der Waals surface area (Å²) in [4.78, 5) is 6.79. The minimum absolute atomic E-state index is 0.258. The molecule has 0 saturated carbocycles. The maximum Gasteiger partial charge on any atom is 0.0991 e. The highest BCUT2D eigenvalue weighted by Crippen LogP contribution is 2.44. The molecule has 2 saturated heterocycles. The molecule has 0 spiro atoms. The second kappa shape index (κ2) is 7.57. The Morgan fingerprint density at radius 2 is 2.08 bits per heavy atom. The minimum atomic E-state index is 0.258. The van der Waals surface area contributed by atoms with E-state index in [1.807, 2.05) is 30.6 Å². The van der Waals surface area contributed by atoms with Gasteiger partial charge in [0.2, 0.25) is 0 Å². The zero-order chi connectivity index (χ0) is 17.8. The van der Waals surface area contributed by atoms with Gasteiger partial charge >= 0.3 is 0 Å². The molecule has 4 rings (SSSR count). The van der Waals surface area contributed by atoms with Gasteiger partial charge < -0.3 is 4.74 Å². The fraction of sp³-hybridized carbons (Fsp3) is 0.455. The van der Waals surface area contributed by atoms with Crippen molar-refractivity contribution in [2.45, 2.75) is 38.3 Å². The average molecular weight is 347 g/mol. The summed E-state index contributed by atoms with van der Waals surface area (Å²) in [6.07, 6.45) is 8.79. The number of ether oxygens (including phenoxy) is 1. The van der Waals surface area contributed by atoms with Gasteiger partial charge in [-0.05, 0) is 61.6 Å². The molecule has 2 fully saturated rings. The SMILES string of the molecule is N#Cc1ccc(CC[C@@]2([C@H]3CCO3)CCN(Cc3cccnc3)C2)cc1. The second-order valence-electron chi connectivity index (χ2n) is 7.64. The number of pyridine rings is 1. The molecule has 26 heavy (non-hydrogen) atoms. The Labute approximate surface area is 155 Å². The highest BCUT2D eigenvalue weighted by atomic mass is 16.5. The van der Waals surface area contributed by atoms with Gasteiger partial charge in [0.05, 0.1) is 17.7 Å². The van der Waals surface area contributed by atoms with Crippen LogP contribution in [0.1, 0.15) is 36.0 Å². The molecular formula is C22H25N3O. The van der Waals surface area contributed by atoms with Crippen LogP contribution in [0.15, 0.2) is 48.8 Å². The third-order valence-corrected chi connectivity index (χ3v) is 5.97. The molecule has 2 atom stereocenters. The number of rotatable bonds is 6. The third kappa shape index (κ3) is 3.65. The van der Waals surface area contributed by atoms with Crippen molar-refractivity contribution >= 4 is 0 Å². The van der Waals surface area contributed by atoms with E-state index in [2.05, 4.69) is 34.2 Å². The van der Waals surface area contributed by atoms with Crippen molar-refractivity contribution in [3.63, 3.8) is 0 Å². The van der Waals surface area contributed by atoms with E-state index < -0.39 is 0 Å². The molecule has 4 heteroatoms. The molecule has 4 nitrogen and oxygen atoms in total. The zero-order valence-corrected chi connectivity index (χ0v) is 15.1. The van der Waals surface area contributed by atoms with E-state index in [-0.39, 0.29) is 5.41 Å². The molecule has 0 aliphatic carbocycles. The van der Waals surface area contributed by atoms with Gasteiger partial charge in [0, 0.05) is 37.5 Å². The molecule has 134 valence electrons. The van der Waals surface area contributed by atoms with Crippen LogP contribution in [0, 0.1) is 16.7 Å². The summed E-state index contributed by atoms with van der Waals surface area (Å²) in [6.45, 7) is 4.11. The highest BCUT2D eigenvalue weighted by molar-refractivity contribution is 5.31. The standard InChI is InChI=1S/C22H25N3O/c23-14-19-5-3-18(4-6-19)7-9-22(21-8-13-26-21)10-12-25(17-22)16-20-2-1-11-24-15-20/h1-6,11,15,21H,7-10,12-13,16-17H2/t21-,22-/m1/s1. The smallest absolute Gasteiger partial charge is 0.0991 e. The van der Waals surface area contributed by atoms with Gasteiger partial charge in [0.1, 0.15) is 0 Å². The van der Waals surface area contributed by atoms with E-state index in [1.54, 1.807) is 0 Å². The van der Waals surface area contributed by atoms with E-state index in [9.17, 15) is 0 Å². The van der Waals surface area contributed by atoms with Crippen molar-refractivity contribution in [2.24, 2.45) is 5.41 Å². The van der Waals surface area contributed by atoms with E-state index in [0.29, 0.717) is 6.10 Å². The first-order valence-corrected chi connectivity index (χ1v) is 9.49. The van der Waals surface area contributed by atoms with Gasteiger partial charge in [0.25, 0.3) is 0 Å². The summed E-state index contributed by atoms with van der Waals surface area (Å²) in [5, 5.41) is 8.96. The molecule has 2 aliphatic heterocycles. The number of aryl methyl sites for hydroxylation is 1. The van der Waals surface area contributed by atoms with Gasteiger partial charge in [-0.15, -0.1) is 0 Å². The predicted molar refractivity (Wildman–Crippen MR) is 100 cm³/mol. The molecule has 2 aliphatic rings. The van der Waals surface area contributed by atoms with Gasteiger partial charge in [-0.2, -0.15) is 5.26 Å². The van der Waals surface area contributed by atoms with Crippen molar-refractivity contribution in [3.8, 4) is 6.07 Å². The van der Waals surface area contributed by atoms with E-state index in [1.165, 1.54) is 24.0 Å². The van der Waals surface area contributed by atoms with Crippen LogP contribution < -0.4 is 0 Å². The Morgan fingerprint density at radius 1 is 1.23 bits per heavy atom. The maximum absolute atomic E-state index is 8.96. The first-order valence-electron chi connectivity index (χ1n) is 9.49. The molecule has 3 heterocycles. The topological polar surface area (TPSA) is 49.1 Å². The van der Waals surface area contributed by atoms with Gasteiger partial charge in [0.15, 0.2) is 0 Å². The summed E-state index contributed by atoms with van der Waals surface area (Å²) >= 11 is 0. The molecule has 2 aromatic rings. The first kappa shape index (κ1) is 17.2. The molecular weight excluding hydrogens is 322 g/mol. The summed E-state index contributed by atoms with van der Waals surface area (Å²) < 4.78 is 5.96. The number of nitrogens with zero attached hydrogens (tertiary/aromatic N) is 3. The Morgan fingerprint density at radius 3 is 2.73 bits per heavy atom. The molecule has 1 aromatic heterocycles. The fourth-order valence-electron chi connectivity index (χ4n) is 4.35. The summed E-state index contributed by atoms with van der Waals surface area (Å²) in [6, 6.07) is 14.4. The number of nitriles is 1. The van der Waals surface area contributed by atoms with Crippen LogP contribution in [-0.2, 0) is 17.7 Å². The summed E-state index contributed by atoms with van der Waals surface area (Å²) in [7, 11) is 0. The Balaban J connectivity index is 1.42.